The highest BCUT2D eigenvalue weighted by Gasteiger charge is 2.26. The molecule has 0 bridgehead atoms. The third-order valence-corrected chi connectivity index (χ3v) is 5.37. The quantitative estimate of drug-likeness (QED) is 0.840. The molecule has 3 atom stereocenters. The smallest absolute Gasteiger partial charge is 0.0510 e. The molecule has 0 spiro atoms. The normalized spacial score (nSPS) is 21.8. The average molecular weight is 316 g/mol. The number of rotatable bonds is 7. The van der Waals surface area contributed by atoms with Crippen LogP contribution in [0.4, 0.5) is 0 Å². The molecule has 112 valence electrons. The maximum atomic E-state index is 12.4. The Bertz CT molecular complexity index is 449. The van der Waals surface area contributed by atoms with Gasteiger partial charge in [0.05, 0.1) is 12.4 Å². The molecule has 1 aliphatic heterocycles. The fourth-order valence-corrected chi connectivity index (χ4v) is 4.33. The summed E-state index contributed by atoms with van der Waals surface area (Å²) in [5.41, 5.74) is 0.963. The molecular weight excluding hydrogens is 294 g/mol. The Labute approximate surface area is 128 Å². The highest BCUT2D eigenvalue weighted by molar-refractivity contribution is 7.84. The molecule has 2 rings (SSSR count). The van der Waals surface area contributed by atoms with E-state index in [1.54, 1.807) is 0 Å². The lowest BCUT2D eigenvalue weighted by Crippen LogP contribution is -2.41. The van der Waals surface area contributed by atoms with E-state index in [0.717, 1.165) is 31.7 Å². The van der Waals surface area contributed by atoms with Crippen LogP contribution in [0.15, 0.2) is 24.3 Å². The first kappa shape index (κ1) is 16.0. The van der Waals surface area contributed by atoms with Crippen molar-refractivity contribution >= 4 is 22.4 Å². The molecule has 0 radical (unpaired) electrons. The lowest BCUT2D eigenvalue weighted by molar-refractivity contribution is 0.179. The van der Waals surface area contributed by atoms with Gasteiger partial charge in [0.2, 0.25) is 0 Å². The van der Waals surface area contributed by atoms with Gasteiger partial charge < -0.3 is 10.1 Å². The van der Waals surface area contributed by atoms with E-state index in [2.05, 4.69) is 12.2 Å². The van der Waals surface area contributed by atoms with Gasteiger partial charge in [-0.2, -0.15) is 0 Å². The summed E-state index contributed by atoms with van der Waals surface area (Å²) >= 11 is 6.12. The summed E-state index contributed by atoms with van der Waals surface area (Å²) in [4.78, 5) is 0. The third-order valence-electron chi connectivity index (χ3n) is 3.64. The van der Waals surface area contributed by atoms with Crippen LogP contribution in [0, 0.1) is 5.92 Å². The minimum atomic E-state index is -0.911. The monoisotopic (exact) mass is 315 g/mol. The average Bonchev–Trinajstić information content (AvgIpc) is 2.95. The van der Waals surface area contributed by atoms with Gasteiger partial charge in [0.15, 0.2) is 0 Å². The van der Waals surface area contributed by atoms with Gasteiger partial charge in [-0.1, -0.05) is 36.7 Å². The van der Waals surface area contributed by atoms with E-state index >= 15 is 0 Å². The fourth-order valence-electron chi connectivity index (χ4n) is 2.54. The SMILES string of the molecule is CCNC(CS(=O)Cc1ccccc1Cl)C1CCOC1. The van der Waals surface area contributed by atoms with Gasteiger partial charge in [-0.3, -0.25) is 4.21 Å². The summed E-state index contributed by atoms with van der Waals surface area (Å²) in [5, 5.41) is 4.15. The van der Waals surface area contributed by atoms with Crippen LogP contribution >= 0.6 is 11.6 Å². The Hall–Kier alpha value is -0.420. The Morgan fingerprint density at radius 1 is 1.50 bits per heavy atom. The van der Waals surface area contributed by atoms with E-state index in [9.17, 15) is 4.21 Å². The summed E-state index contributed by atoms with van der Waals surface area (Å²) in [6.45, 7) is 4.58. The van der Waals surface area contributed by atoms with Gasteiger partial charge in [-0.25, -0.2) is 0 Å². The Balaban J connectivity index is 1.92. The molecule has 1 saturated heterocycles. The van der Waals surface area contributed by atoms with E-state index in [1.807, 2.05) is 24.3 Å². The molecule has 20 heavy (non-hydrogen) atoms. The topological polar surface area (TPSA) is 38.3 Å². The predicted octanol–water partition coefficient (Wildman–Crippen LogP) is 2.60. The second-order valence-corrected chi connectivity index (χ2v) is 7.04. The zero-order chi connectivity index (χ0) is 14.4. The van der Waals surface area contributed by atoms with Crippen molar-refractivity contribution in [1.29, 1.82) is 0 Å². The maximum absolute atomic E-state index is 12.4. The molecule has 1 aromatic rings. The zero-order valence-corrected chi connectivity index (χ0v) is 13.4. The zero-order valence-electron chi connectivity index (χ0n) is 11.8. The van der Waals surface area contributed by atoms with Crippen molar-refractivity contribution in [3.05, 3.63) is 34.9 Å². The molecular formula is C15H22ClNO2S. The molecule has 5 heteroatoms. The van der Waals surface area contributed by atoms with Gasteiger partial charge in [0.1, 0.15) is 0 Å². The van der Waals surface area contributed by atoms with Crippen LogP contribution < -0.4 is 5.32 Å². The van der Waals surface area contributed by atoms with Crippen LogP contribution in [0.1, 0.15) is 18.9 Å². The van der Waals surface area contributed by atoms with Gasteiger partial charge >= 0.3 is 0 Å². The van der Waals surface area contributed by atoms with Gasteiger partial charge in [0.25, 0.3) is 0 Å². The number of hydrogen-bond donors (Lipinski definition) is 1. The van der Waals surface area contributed by atoms with Crippen LogP contribution in [0.25, 0.3) is 0 Å². The van der Waals surface area contributed by atoms with Crippen molar-refractivity contribution in [2.45, 2.75) is 25.1 Å². The van der Waals surface area contributed by atoms with Gasteiger partial charge in [-0.05, 0) is 24.6 Å². The highest BCUT2D eigenvalue weighted by Crippen LogP contribution is 2.20. The van der Waals surface area contributed by atoms with Crippen molar-refractivity contribution in [2.24, 2.45) is 5.92 Å². The molecule has 1 N–H and O–H groups in total. The fraction of sp³-hybridized carbons (Fsp3) is 0.600. The number of halogens is 1. The van der Waals surface area contributed by atoms with E-state index in [-0.39, 0.29) is 6.04 Å². The van der Waals surface area contributed by atoms with Crippen LogP contribution in [0.5, 0.6) is 0 Å². The third kappa shape index (κ3) is 4.55. The molecule has 1 fully saturated rings. The Morgan fingerprint density at radius 2 is 2.30 bits per heavy atom. The molecule has 0 aromatic heterocycles. The van der Waals surface area contributed by atoms with Crippen molar-refractivity contribution in [3.8, 4) is 0 Å². The number of nitrogens with one attached hydrogen (secondary N) is 1. The van der Waals surface area contributed by atoms with E-state index in [4.69, 9.17) is 16.3 Å². The number of ether oxygens (including phenoxy) is 1. The molecule has 0 aliphatic carbocycles. The first-order valence-corrected chi connectivity index (χ1v) is 8.96. The lowest BCUT2D eigenvalue weighted by Gasteiger charge is -2.22. The molecule has 1 aliphatic rings. The van der Waals surface area contributed by atoms with Crippen LogP contribution in [-0.2, 0) is 21.3 Å². The predicted molar refractivity (Wildman–Crippen MR) is 84.6 cm³/mol. The summed E-state index contributed by atoms with van der Waals surface area (Å²) in [5.74, 6) is 1.66. The second kappa shape index (κ2) is 8.13. The first-order chi connectivity index (χ1) is 9.70. The van der Waals surface area contributed by atoms with Crippen molar-refractivity contribution in [2.75, 3.05) is 25.5 Å². The van der Waals surface area contributed by atoms with E-state index in [0.29, 0.717) is 22.4 Å². The first-order valence-electron chi connectivity index (χ1n) is 7.10. The van der Waals surface area contributed by atoms with Crippen LogP contribution in [0.2, 0.25) is 5.02 Å². The highest BCUT2D eigenvalue weighted by atomic mass is 35.5. The van der Waals surface area contributed by atoms with Crippen molar-refractivity contribution < 1.29 is 8.95 Å². The number of benzene rings is 1. The van der Waals surface area contributed by atoms with Crippen molar-refractivity contribution in [1.82, 2.24) is 5.32 Å². The Morgan fingerprint density at radius 3 is 2.95 bits per heavy atom. The molecule has 0 saturated carbocycles. The minimum absolute atomic E-state index is 0.269. The lowest BCUT2D eigenvalue weighted by atomic mass is 10.0. The minimum Gasteiger partial charge on any atom is -0.381 e. The van der Waals surface area contributed by atoms with Crippen molar-refractivity contribution in [3.63, 3.8) is 0 Å². The summed E-state index contributed by atoms with van der Waals surface area (Å²) in [7, 11) is -0.911. The summed E-state index contributed by atoms with van der Waals surface area (Å²) < 4.78 is 17.8. The summed E-state index contributed by atoms with van der Waals surface area (Å²) in [6.07, 6.45) is 1.06. The van der Waals surface area contributed by atoms with Crippen LogP contribution in [-0.4, -0.2) is 35.8 Å². The second-order valence-electron chi connectivity index (χ2n) is 5.13. The van der Waals surface area contributed by atoms with Crippen LogP contribution in [0.3, 0.4) is 0 Å². The maximum Gasteiger partial charge on any atom is 0.0510 e. The molecule has 1 aromatic carbocycles. The molecule has 1 heterocycles. The van der Waals surface area contributed by atoms with E-state index < -0.39 is 10.8 Å². The molecule has 3 unspecified atom stereocenters. The molecule has 3 nitrogen and oxygen atoms in total. The van der Waals surface area contributed by atoms with Gasteiger partial charge in [-0.15, -0.1) is 0 Å². The standard InChI is InChI=1S/C15H22ClNO2S/c1-2-17-15(12-7-8-19-9-12)11-20(18)10-13-5-3-4-6-14(13)16/h3-6,12,15,17H,2,7-11H2,1H3. The van der Waals surface area contributed by atoms with Gasteiger partial charge in [0, 0.05) is 40.1 Å². The molecule has 0 amide bonds. The number of hydrogen-bond acceptors (Lipinski definition) is 3. The largest absolute Gasteiger partial charge is 0.381 e. The summed E-state index contributed by atoms with van der Waals surface area (Å²) in [6, 6.07) is 7.89. The Kier molecular flexibility index (Phi) is 6.49. The van der Waals surface area contributed by atoms with E-state index in [1.165, 1.54) is 0 Å².